The number of rotatable bonds is 5. The average molecular weight is 337 g/mol. The first-order valence-electron chi connectivity index (χ1n) is 5.06. The quantitative estimate of drug-likeness (QED) is 0.763. The highest BCUT2D eigenvalue weighted by atomic mass is 79.9. The molecule has 0 heterocycles. The predicted octanol–water partition coefficient (Wildman–Crippen LogP) is 1.67. The van der Waals surface area contributed by atoms with E-state index in [-0.39, 0.29) is 23.6 Å². The predicted molar refractivity (Wildman–Crippen MR) is 69.7 cm³/mol. The molecule has 0 aromatic heterocycles. The zero-order chi connectivity index (χ0) is 13.7. The first-order chi connectivity index (χ1) is 8.43. The van der Waals surface area contributed by atoms with Crippen molar-refractivity contribution >= 4 is 39.4 Å². The standard InChI is InChI=1S/C11H11BrClNO4/c12-7-3-1-2-6(9(7)13)10(16)14-5-4-8(15)11(17)18/h1-3,8,15H,4-5H2,(H,14,16)(H,17,18). The third kappa shape index (κ3) is 3.97. The van der Waals surface area contributed by atoms with Gasteiger partial charge in [0.25, 0.3) is 5.91 Å². The van der Waals surface area contributed by atoms with E-state index in [9.17, 15) is 9.59 Å². The van der Waals surface area contributed by atoms with Gasteiger partial charge in [0.15, 0.2) is 6.10 Å². The van der Waals surface area contributed by atoms with E-state index in [2.05, 4.69) is 21.2 Å². The number of aliphatic hydroxyl groups is 1. The molecule has 18 heavy (non-hydrogen) atoms. The van der Waals surface area contributed by atoms with Gasteiger partial charge in [-0.3, -0.25) is 4.79 Å². The molecule has 1 atom stereocenters. The molecule has 1 rings (SSSR count). The zero-order valence-electron chi connectivity index (χ0n) is 9.19. The van der Waals surface area contributed by atoms with Crippen molar-refractivity contribution < 1.29 is 19.8 Å². The van der Waals surface area contributed by atoms with Crippen LogP contribution in [0.2, 0.25) is 5.02 Å². The summed E-state index contributed by atoms with van der Waals surface area (Å²) in [5.41, 5.74) is 0.288. The molecule has 0 fully saturated rings. The smallest absolute Gasteiger partial charge is 0.332 e. The number of amides is 1. The second kappa shape index (κ2) is 6.72. The molecule has 0 aliphatic heterocycles. The van der Waals surface area contributed by atoms with Gasteiger partial charge < -0.3 is 15.5 Å². The molecule has 98 valence electrons. The number of aliphatic hydroxyl groups excluding tert-OH is 1. The lowest BCUT2D eigenvalue weighted by molar-refractivity contribution is -0.146. The Labute approximate surface area is 117 Å². The Hall–Kier alpha value is -1.11. The Bertz CT molecular complexity index is 466. The number of hydrogen-bond acceptors (Lipinski definition) is 3. The van der Waals surface area contributed by atoms with Crippen molar-refractivity contribution in [3.8, 4) is 0 Å². The van der Waals surface area contributed by atoms with Gasteiger partial charge >= 0.3 is 5.97 Å². The van der Waals surface area contributed by atoms with E-state index in [0.717, 1.165) is 0 Å². The third-order valence-corrected chi connectivity index (χ3v) is 3.48. The highest BCUT2D eigenvalue weighted by molar-refractivity contribution is 9.10. The summed E-state index contributed by atoms with van der Waals surface area (Å²) >= 11 is 9.12. The molecule has 7 heteroatoms. The molecule has 0 saturated carbocycles. The number of carbonyl (C=O) groups excluding carboxylic acids is 1. The molecule has 1 unspecified atom stereocenters. The highest BCUT2D eigenvalue weighted by Crippen LogP contribution is 2.25. The lowest BCUT2D eigenvalue weighted by atomic mass is 10.2. The number of carboxylic acid groups (broad SMARTS) is 1. The monoisotopic (exact) mass is 335 g/mol. The Balaban J connectivity index is 2.56. The van der Waals surface area contributed by atoms with E-state index in [1.54, 1.807) is 18.2 Å². The summed E-state index contributed by atoms with van der Waals surface area (Å²) in [6.07, 6.45) is -1.55. The summed E-state index contributed by atoms with van der Waals surface area (Å²) in [4.78, 5) is 22.1. The molecule has 0 saturated heterocycles. The summed E-state index contributed by atoms with van der Waals surface area (Å²) in [6, 6.07) is 4.92. The normalized spacial score (nSPS) is 11.9. The summed E-state index contributed by atoms with van der Waals surface area (Å²) in [5, 5.41) is 20.3. The maximum absolute atomic E-state index is 11.7. The van der Waals surface area contributed by atoms with Gasteiger partial charge in [-0.05, 0) is 28.1 Å². The van der Waals surface area contributed by atoms with Crippen molar-refractivity contribution in [1.29, 1.82) is 0 Å². The Kier molecular flexibility index (Phi) is 5.58. The van der Waals surface area contributed by atoms with Crippen LogP contribution in [0.5, 0.6) is 0 Å². The zero-order valence-corrected chi connectivity index (χ0v) is 11.5. The molecule has 3 N–H and O–H groups in total. The molecule has 0 aliphatic carbocycles. The maximum Gasteiger partial charge on any atom is 0.332 e. The molecule has 5 nitrogen and oxygen atoms in total. The fraction of sp³-hybridized carbons (Fsp3) is 0.273. The van der Waals surface area contributed by atoms with Gasteiger partial charge in [-0.25, -0.2) is 4.79 Å². The van der Waals surface area contributed by atoms with Crippen LogP contribution in [-0.4, -0.2) is 34.7 Å². The van der Waals surface area contributed by atoms with Crippen LogP contribution in [0.1, 0.15) is 16.8 Å². The van der Waals surface area contributed by atoms with Gasteiger partial charge in [0.1, 0.15) is 0 Å². The van der Waals surface area contributed by atoms with Gasteiger partial charge in [-0.2, -0.15) is 0 Å². The summed E-state index contributed by atoms with van der Waals surface area (Å²) < 4.78 is 0.599. The van der Waals surface area contributed by atoms with Crippen molar-refractivity contribution in [2.24, 2.45) is 0 Å². The fourth-order valence-electron chi connectivity index (χ4n) is 1.22. The lowest BCUT2D eigenvalue weighted by Gasteiger charge is -2.09. The number of hydrogen-bond donors (Lipinski definition) is 3. The van der Waals surface area contributed by atoms with E-state index < -0.39 is 18.0 Å². The molecule has 1 aromatic carbocycles. The molecule has 0 radical (unpaired) electrons. The fourth-order valence-corrected chi connectivity index (χ4v) is 1.80. The van der Waals surface area contributed by atoms with Gasteiger partial charge in [0.05, 0.1) is 10.6 Å². The largest absolute Gasteiger partial charge is 0.479 e. The molecule has 1 aromatic rings. The minimum Gasteiger partial charge on any atom is -0.479 e. The Morgan fingerprint density at radius 1 is 1.44 bits per heavy atom. The summed E-state index contributed by atoms with van der Waals surface area (Å²) in [6.45, 7) is 0.0507. The van der Waals surface area contributed by atoms with Crippen molar-refractivity contribution in [2.45, 2.75) is 12.5 Å². The molecule has 1 amide bonds. The van der Waals surface area contributed by atoms with Crippen LogP contribution in [-0.2, 0) is 4.79 Å². The van der Waals surface area contributed by atoms with E-state index in [1.165, 1.54) is 0 Å². The first kappa shape index (κ1) is 14.9. The second-order valence-electron chi connectivity index (χ2n) is 3.50. The molecule has 0 spiro atoms. The summed E-state index contributed by atoms with van der Waals surface area (Å²) in [7, 11) is 0. The van der Waals surface area contributed by atoms with Gasteiger partial charge in [-0.15, -0.1) is 0 Å². The lowest BCUT2D eigenvalue weighted by Crippen LogP contribution is -2.30. The number of nitrogens with one attached hydrogen (secondary N) is 1. The van der Waals surface area contributed by atoms with Crippen LogP contribution >= 0.6 is 27.5 Å². The molecule has 0 aliphatic rings. The minimum atomic E-state index is -1.48. The van der Waals surface area contributed by atoms with Crippen molar-refractivity contribution in [3.63, 3.8) is 0 Å². The van der Waals surface area contributed by atoms with E-state index in [4.69, 9.17) is 21.8 Å². The van der Waals surface area contributed by atoms with Crippen LogP contribution in [0.3, 0.4) is 0 Å². The van der Waals surface area contributed by atoms with Crippen LogP contribution in [0.25, 0.3) is 0 Å². The first-order valence-corrected chi connectivity index (χ1v) is 6.23. The van der Waals surface area contributed by atoms with Crippen LogP contribution < -0.4 is 5.32 Å². The van der Waals surface area contributed by atoms with Crippen LogP contribution in [0.4, 0.5) is 0 Å². The van der Waals surface area contributed by atoms with Crippen LogP contribution in [0, 0.1) is 0 Å². The Morgan fingerprint density at radius 3 is 2.72 bits per heavy atom. The number of aliphatic carboxylic acids is 1. The number of halogens is 2. The van der Waals surface area contributed by atoms with E-state index in [0.29, 0.717) is 4.47 Å². The molecular weight excluding hydrogens is 325 g/mol. The SMILES string of the molecule is O=C(NCCC(O)C(=O)O)c1cccc(Br)c1Cl. The van der Waals surface area contributed by atoms with E-state index >= 15 is 0 Å². The number of carboxylic acids is 1. The molecular formula is C11H11BrClNO4. The second-order valence-corrected chi connectivity index (χ2v) is 4.73. The summed E-state index contributed by atoms with van der Waals surface area (Å²) in [5.74, 6) is -1.73. The third-order valence-electron chi connectivity index (χ3n) is 2.18. The van der Waals surface area contributed by atoms with Crippen molar-refractivity contribution in [2.75, 3.05) is 6.54 Å². The van der Waals surface area contributed by atoms with Gasteiger partial charge in [0.2, 0.25) is 0 Å². The number of carbonyl (C=O) groups is 2. The minimum absolute atomic E-state index is 0.0507. The molecule has 0 bridgehead atoms. The van der Waals surface area contributed by atoms with Gasteiger partial charge in [-0.1, -0.05) is 17.7 Å². The Morgan fingerprint density at radius 2 is 2.11 bits per heavy atom. The van der Waals surface area contributed by atoms with E-state index in [1.807, 2.05) is 0 Å². The van der Waals surface area contributed by atoms with Gasteiger partial charge in [0, 0.05) is 17.4 Å². The van der Waals surface area contributed by atoms with Crippen molar-refractivity contribution in [3.05, 3.63) is 33.3 Å². The number of benzene rings is 1. The van der Waals surface area contributed by atoms with Crippen molar-refractivity contribution in [1.82, 2.24) is 5.32 Å². The highest BCUT2D eigenvalue weighted by Gasteiger charge is 2.15. The average Bonchev–Trinajstić information content (AvgIpc) is 2.32. The topological polar surface area (TPSA) is 86.6 Å². The van der Waals surface area contributed by atoms with Crippen LogP contribution in [0.15, 0.2) is 22.7 Å². The maximum atomic E-state index is 11.7.